The Labute approximate surface area is 109 Å². The van der Waals surface area contributed by atoms with E-state index in [1.165, 1.54) is 16.8 Å². The summed E-state index contributed by atoms with van der Waals surface area (Å²) in [7, 11) is 1.94. The Bertz CT molecular complexity index is 521. The monoisotopic (exact) mass is 243 g/mol. The molecule has 0 radical (unpaired) electrons. The van der Waals surface area contributed by atoms with Crippen molar-refractivity contribution in [2.24, 2.45) is 7.05 Å². The summed E-state index contributed by atoms with van der Waals surface area (Å²) >= 11 is 0. The van der Waals surface area contributed by atoms with Crippen LogP contribution in [0, 0.1) is 0 Å². The van der Waals surface area contributed by atoms with Gasteiger partial charge in [-0.25, -0.2) is 0 Å². The number of aromatic nitrogens is 2. The average Bonchev–Trinajstić information content (AvgIpc) is 2.72. The predicted molar refractivity (Wildman–Crippen MR) is 75.7 cm³/mol. The maximum Gasteiger partial charge on any atom is 0.0539 e. The Morgan fingerprint density at radius 2 is 1.94 bits per heavy atom. The average molecular weight is 243 g/mol. The molecule has 3 nitrogen and oxygen atoms in total. The normalized spacial score (nSPS) is 11.6. The lowest BCUT2D eigenvalue weighted by atomic mass is 9.86. The number of benzene rings is 1. The Hall–Kier alpha value is -1.77. The minimum atomic E-state index is 0.151. The summed E-state index contributed by atoms with van der Waals surface area (Å²) in [5.41, 5.74) is 3.89. The first kappa shape index (κ1) is 12.7. The van der Waals surface area contributed by atoms with Crippen LogP contribution in [0.5, 0.6) is 0 Å². The largest absolute Gasteiger partial charge is 0.381 e. The first-order valence-electron chi connectivity index (χ1n) is 6.28. The number of anilines is 1. The third kappa shape index (κ3) is 2.92. The van der Waals surface area contributed by atoms with Crippen molar-refractivity contribution in [1.82, 2.24) is 9.78 Å². The van der Waals surface area contributed by atoms with Crippen LogP contribution in [0.15, 0.2) is 36.7 Å². The Balaban J connectivity index is 2.14. The van der Waals surface area contributed by atoms with Crippen molar-refractivity contribution >= 4 is 5.69 Å². The molecule has 1 aromatic heterocycles. The fourth-order valence-electron chi connectivity index (χ4n) is 2.05. The van der Waals surface area contributed by atoms with Crippen LogP contribution in [0.4, 0.5) is 5.69 Å². The fourth-order valence-corrected chi connectivity index (χ4v) is 2.05. The standard InChI is InChI=1S/C15H21N3/c1-15(2,3)13-7-5-6-8-14(13)16-9-12-10-17-18(4)11-12/h5-8,10-11,16H,9H2,1-4H3. The summed E-state index contributed by atoms with van der Waals surface area (Å²) in [6.07, 6.45) is 3.93. The van der Waals surface area contributed by atoms with Gasteiger partial charge in [0.25, 0.3) is 0 Å². The molecule has 0 aliphatic heterocycles. The smallest absolute Gasteiger partial charge is 0.0539 e. The highest BCUT2D eigenvalue weighted by atomic mass is 15.2. The minimum absolute atomic E-state index is 0.151. The molecule has 1 aromatic carbocycles. The molecule has 1 heterocycles. The summed E-state index contributed by atoms with van der Waals surface area (Å²) in [5.74, 6) is 0. The molecule has 2 rings (SSSR count). The van der Waals surface area contributed by atoms with Crippen LogP contribution in [-0.4, -0.2) is 9.78 Å². The quantitative estimate of drug-likeness (QED) is 0.896. The van der Waals surface area contributed by atoms with Gasteiger partial charge in [0.1, 0.15) is 0 Å². The van der Waals surface area contributed by atoms with E-state index in [1.807, 2.05) is 24.1 Å². The van der Waals surface area contributed by atoms with Crippen molar-refractivity contribution in [3.8, 4) is 0 Å². The molecule has 2 aromatic rings. The summed E-state index contributed by atoms with van der Waals surface area (Å²) in [4.78, 5) is 0. The van der Waals surface area contributed by atoms with Gasteiger partial charge in [-0.05, 0) is 17.0 Å². The van der Waals surface area contributed by atoms with E-state index < -0.39 is 0 Å². The second-order valence-corrected chi connectivity index (χ2v) is 5.67. The summed E-state index contributed by atoms with van der Waals surface area (Å²) < 4.78 is 1.83. The topological polar surface area (TPSA) is 29.9 Å². The molecule has 18 heavy (non-hydrogen) atoms. The highest BCUT2D eigenvalue weighted by molar-refractivity contribution is 5.54. The van der Waals surface area contributed by atoms with Crippen molar-refractivity contribution in [2.45, 2.75) is 32.7 Å². The van der Waals surface area contributed by atoms with Crippen LogP contribution in [0.25, 0.3) is 0 Å². The van der Waals surface area contributed by atoms with Gasteiger partial charge in [0.05, 0.1) is 6.20 Å². The van der Waals surface area contributed by atoms with Crippen LogP contribution in [0.1, 0.15) is 31.9 Å². The molecular weight excluding hydrogens is 222 g/mol. The molecular formula is C15H21N3. The first-order valence-corrected chi connectivity index (χ1v) is 6.28. The zero-order valence-corrected chi connectivity index (χ0v) is 11.6. The van der Waals surface area contributed by atoms with Gasteiger partial charge in [0, 0.05) is 31.0 Å². The number of nitrogens with one attached hydrogen (secondary N) is 1. The van der Waals surface area contributed by atoms with Crippen molar-refractivity contribution in [3.63, 3.8) is 0 Å². The lowest BCUT2D eigenvalue weighted by Crippen LogP contribution is -2.14. The number of hydrogen-bond acceptors (Lipinski definition) is 2. The number of hydrogen-bond donors (Lipinski definition) is 1. The zero-order chi connectivity index (χ0) is 13.2. The molecule has 96 valence electrons. The van der Waals surface area contributed by atoms with E-state index in [0.29, 0.717) is 0 Å². The summed E-state index contributed by atoms with van der Waals surface area (Å²) in [5, 5.41) is 7.67. The van der Waals surface area contributed by atoms with E-state index in [2.05, 4.69) is 55.5 Å². The van der Waals surface area contributed by atoms with E-state index in [4.69, 9.17) is 0 Å². The second kappa shape index (κ2) is 4.84. The number of nitrogens with zero attached hydrogens (tertiary/aromatic N) is 2. The zero-order valence-electron chi connectivity index (χ0n) is 11.6. The van der Waals surface area contributed by atoms with Crippen molar-refractivity contribution in [3.05, 3.63) is 47.8 Å². The highest BCUT2D eigenvalue weighted by Gasteiger charge is 2.17. The van der Waals surface area contributed by atoms with Gasteiger partial charge in [-0.15, -0.1) is 0 Å². The summed E-state index contributed by atoms with van der Waals surface area (Å²) in [6.45, 7) is 7.51. The highest BCUT2D eigenvalue weighted by Crippen LogP contribution is 2.29. The van der Waals surface area contributed by atoms with Gasteiger partial charge in [-0.1, -0.05) is 39.0 Å². The maximum atomic E-state index is 4.18. The van der Waals surface area contributed by atoms with Crippen molar-refractivity contribution < 1.29 is 0 Å². The van der Waals surface area contributed by atoms with Gasteiger partial charge in [0.2, 0.25) is 0 Å². The lowest BCUT2D eigenvalue weighted by Gasteiger charge is -2.23. The van der Waals surface area contributed by atoms with E-state index >= 15 is 0 Å². The number of para-hydroxylation sites is 1. The van der Waals surface area contributed by atoms with Crippen molar-refractivity contribution in [2.75, 3.05) is 5.32 Å². The Morgan fingerprint density at radius 1 is 1.22 bits per heavy atom. The van der Waals surface area contributed by atoms with Crippen LogP contribution >= 0.6 is 0 Å². The van der Waals surface area contributed by atoms with Crippen molar-refractivity contribution in [1.29, 1.82) is 0 Å². The third-order valence-corrected chi connectivity index (χ3v) is 2.98. The molecule has 0 saturated carbocycles. The molecule has 0 bridgehead atoms. The van der Waals surface area contributed by atoms with Gasteiger partial charge in [-0.2, -0.15) is 5.10 Å². The van der Waals surface area contributed by atoms with Gasteiger partial charge in [-0.3, -0.25) is 4.68 Å². The lowest BCUT2D eigenvalue weighted by molar-refractivity contribution is 0.591. The molecule has 0 saturated heterocycles. The molecule has 0 unspecified atom stereocenters. The van der Waals surface area contributed by atoms with Gasteiger partial charge < -0.3 is 5.32 Å². The summed E-state index contributed by atoms with van der Waals surface area (Å²) in [6, 6.07) is 8.49. The predicted octanol–water partition coefficient (Wildman–Crippen LogP) is 3.33. The van der Waals surface area contributed by atoms with Crippen LogP contribution in [0.3, 0.4) is 0 Å². The molecule has 0 atom stereocenters. The molecule has 1 N–H and O–H groups in total. The Kier molecular flexibility index (Phi) is 3.41. The fraction of sp³-hybridized carbons (Fsp3) is 0.400. The number of aryl methyl sites for hydroxylation is 1. The molecule has 0 amide bonds. The molecule has 0 fully saturated rings. The minimum Gasteiger partial charge on any atom is -0.381 e. The van der Waals surface area contributed by atoms with E-state index in [0.717, 1.165) is 6.54 Å². The van der Waals surface area contributed by atoms with Gasteiger partial charge >= 0.3 is 0 Å². The second-order valence-electron chi connectivity index (χ2n) is 5.67. The first-order chi connectivity index (χ1) is 8.47. The molecule has 0 aliphatic rings. The van der Waals surface area contributed by atoms with Gasteiger partial charge in [0.15, 0.2) is 0 Å². The molecule has 3 heteroatoms. The SMILES string of the molecule is Cn1cc(CNc2ccccc2C(C)(C)C)cn1. The maximum absolute atomic E-state index is 4.18. The van der Waals surface area contributed by atoms with Crippen LogP contribution < -0.4 is 5.32 Å². The molecule has 0 spiro atoms. The van der Waals surface area contributed by atoms with E-state index in [1.54, 1.807) is 0 Å². The molecule has 0 aliphatic carbocycles. The van der Waals surface area contributed by atoms with E-state index in [9.17, 15) is 0 Å². The van der Waals surface area contributed by atoms with Crippen LogP contribution in [0.2, 0.25) is 0 Å². The third-order valence-electron chi connectivity index (χ3n) is 2.98. The Morgan fingerprint density at radius 3 is 2.56 bits per heavy atom. The number of rotatable bonds is 3. The van der Waals surface area contributed by atoms with Crippen LogP contribution in [-0.2, 0) is 19.0 Å². The van der Waals surface area contributed by atoms with E-state index in [-0.39, 0.29) is 5.41 Å².